The number of carbonyl (C=O) groups is 2. The molecule has 1 N–H and O–H groups in total. The summed E-state index contributed by atoms with van der Waals surface area (Å²) in [5.41, 5.74) is 2.62. The third-order valence-electron chi connectivity index (χ3n) is 4.21. The highest BCUT2D eigenvalue weighted by atomic mass is 16.7. The van der Waals surface area contributed by atoms with Gasteiger partial charge in [0.2, 0.25) is 18.5 Å². The largest absolute Gasteiger partial charge is 0.454 e. The maximum absolute atomic E-state index is 12.4. The SMILES string of the molecule is CC(=O)c1cc2c(cc1NC(=O)Cn1nnc(-c3ccc(C)cc3)n1)OCO2. The van der Waals surface area contributed by atoms with Crippen LogP contribution in [0.1, 0.15) is 22.8 Å². The van der Waals surface area contributed by atoms with Crippen molar-refractivity contribution < 1.29 is 19.1 Å². The number of aryl methyl sites for hydroxylation is 1. The summed E-state index contributed by atoms with van der Waals surface area (Å²) in [6.07, 6.45) is 0. The molecule has 9 nitrogen and oxygen atoms in total. The van der Waals surface area contributed by atoms with Crippen LogP contribution in [0.3, 0.4) is 0 Å². The van der Waals surface area contributed by atoms with Crippen molar-refractivity contribution in [3.05, 3.63) is 47.5 Å². The zero-order valence-corrected chi connectivity index (χ0v) is 15.3. The zero-order valence-electron chi connectivity index (χ0n) is 15.3. The molecule has 0 saturated carbocycles. The van der Waals surface area contributed by atoms with Gasteiger partial charge >= 0.3 is 0 Å². The number of rotatable bonds is 5. The Hall–Kier alpha value is -3.75. The molecule has 2 heterocycles. The monoisotopic (exact) mass is 379 g/mol. The van der Waals surface area contributed by atoms with Crippen molar-refractivity contribution in [2.24, 2.45) is 0 Å². The standard InChI is InChI=1S/C19H17N5O4/c1-11-3-5-13(6-4-11)19-21-23-24(22-19)9-18(26)20-15-8-17-16(27-10-28-17)7-14(15)12(2)25/h3-8H,9-10H2,1-2H3,(H,20,26). The van der Waals surface area contributed by atoms with Gasteiger partial charge in [0.25, 0.3) is 0 Å². The number of tetrazole rings is 1. The van der Waals surface area contributed by atoms with Crippen LogP contribution >= 0.6 is 0 Å². The van der Waals surface area contributed by atoms with Gasteiger partial charge in [-0.3, -0.25) is 9.59 Å². The van der Waals surface area contributed by atoms with Crippen LogP contribution in [0.5, 0.6) is 11.5 Å². The normalized spacial score (nSPS) is 12.1. The predicted octanol–water partition coefficient (Wildman–Crippen LogP) is 2.22. The summed E-state index contributed by atoms with van der Waals surface area (Å²) in [5, 5.41) is 14.8. The first-order valence-electron chi connectivity index (χ1n) is 8.59. The van der Waals surface area contributed by atoms with Crippen LogP contribution in [0, 0.1) is 6.92 Å². The van der Waals surface area contributed by atoms with E-state index in [4.69, 9.17) is 9.47 Å². The Labute approximate surface area is 160 Å². The molecular weight excluding hydrogens is 362 g/mol. The molecule has 0 fully saturated rings. The van der Waals surface area contributed by atoms with E-state index in [-0.39, 0.29) is 19.1 Å². The Morgan fingerprint density at radius 3 is 2.57 bits per heavy atom. The summed E-state index contributed by atoms with van der Waals surface area (Å²) in [7, 11) is 0. The fourth-order valence-corrected chi connectivity index (χ4v) is 2.78. The maximum Gasteiger partial charge on any atom is 0.248 e. The molecule has 142 valence electrons. The summed E-state index contributed by atoms with van der Waals surface area (Å²) >= 11 is 0. The average molecular weight is 379 g/mol. The molecule has 0 atom stereocenters. The molecular formula is C19H17N5O4. The van der Waals surface area contributed by atoms with E-state index in [0.29, 0.717) is 28.6 Å². The highest BCUT2D eigenvalue weighted by Gasteiger charge is 2.20. The van der Waals surface area contributed by atoms with Crippen molar-refractivity contribution in [3.63, 3.8) is 0 Å². The lowest BCUT2D eigenvalue weighted by Gasteiger charge is -2.10. The molecule has 1 aliphatic heterocycles. The molecule has 4 rings (SSSR count). The van der Waals surface area contributed by atoms with Crippen molar-refractivity contribution in [2.75, 3.05) is 12.1 Å². The Kier molecular flexibility index (Phi) is 4.48. The molecule has 28 heavy (non-hydrogen) atoms. The number of fused-ring (bicyclic) bond motifs is 1. The number of aromatic nitrogens is 4. The summed E-state index contributed by atoms with van der Waals surface area (Å²) in [6, 6.07) is 10.8. The summed E-state index contributed by atoms with van der Waals surface area (Å²) in [6.45, 7) is 3.34. The van der Waals surface area contributed by atoms with Crippen molar-refractivity contribution in [1.82, 2.24) is 20.2 Å². The van der Waals surface area contributed by atoms with Crippen LogP contribution in [0.2, 0.25) is 0 Å². The van der Waals surface area contributed by atoms with Gasteiger partial charge in [-0.25, -0.2) is 0 Å². The highest BCUT2D eigenvalue weighted by molar-refractivity contribution is 6.04. The third kappa shape index (κ3) is 3.54. The number of anilines is 1. The second-order valence-electron chi connectivity index (χ2n) is 6.36. The van der Waals surface area contributed by atoms with Crippen LogP contribution in [0.15, 0.2) is 36.4 Å². The highest BCUT2D eigenvalue weighted by Crippen LogP contribution is 2.37. The first-order chi connectivity index (χ1) is 13.5. The fourth-order valence-electron chi connectivity index (χ4n) is 2.78. The number of Topliss-reactive ketones (excluding diaryl/α,β-unsaturated/α-hetero) is 1. The molecule has 0 aliphatic carbocycles. The Bertz CT molecular complexity index is 1060. The third-order valence-corrected chi connectivity index (χ3v) is 4.21. The molecule has 1 aromatic heterocycles. The van der Waals surface area contributed by atoms with Crippen LogP contribution in [-0.4, -0.2) is 38.7 Å². The molecule has 0 spiro atoms. The summed E-state index contributed by atoms with van der Waals surface area (Å²) < 4.78 is 10.6. The van der Waals surface area contributed by atoms with E-state index in [0.717, 1.165) is 11.1 Å². The second-order valence-corrected chi connectivity index (χ2v) is 6.36. The van der Waals surface area contributed by atoms with E-state index in [1.807, 2.05) is 31.2 Å². The number of amides is 1. The van der Waals surface area contributed by atoms with Crippen molar-refractivity contribution >= 4 is 17.4 Å². The van der Waals surface area contributed by atoms with E-state index in [2.05, 4.69) is 20.7 Å². The van der Waals surface area contributed by atoms with Gasteiger partial charge in [0.05, 0.1) is 5.69 Å². The van der Waals surface area contributed by atoms with Crippen LogP contribution in [0.25, 0.3) is 11.4 Å². The Balaban J connectivity index is 1.49. The quantitative estimate of drug-likeness (QED) is 0.677. The van der Waals surface area contributed by atoms with Gasteiger partial charge < -0.3 is 14.8 Å². The molecule has 0 bridgehead atoms. The number of hydrogen-bond donors (Lipinski definition) is 1. The van der Waals surface area contributed by atoms with Gasteiger partial charge in [0.15, 0.2) is 17.3 Å². The summed E-state index contributed by atoms with van der Waals surface area (Å²) in [5.74, 6) is 0.786. The smallest absolute Gasteiger partial charge is 0.248 e. The molecule has 1 amide bonds. The predicted molar refractivity (Wildman–Crippen MR) is 99.2 cm³/mol. The van der Waals surface area contributed by atoms with E-state index >= 15 is 0 Å². The van der Waals surface area contributed by atoms with E-state index in [1.165, 1.54) is 11.7 Å². The van der Waals surface area contributed by atoms with Crippen LogP contribution in [0.4, 0.5) is 5.69 Å². The van der Waals surface area contributed by atoms with E-state index < -0.39 is 5.91 Å². The van der Waals surface area contributed by atoms with Gasteiger partial charge in [-0.15, -0.1) is 10.2 Å². The number of nitrogens with zero attached hydrogens (tertiary/aromatic N) is 4. The van der Waals surface area contributed by atoms with Crippen LogP contribution in [-0.2, 0) is 11.3 Å². The number of nitrogens with one attached hydrogen (secondary N) is 1. The molecule has 9 heteroatoms. The van der Waals surface area contributed by atoms with Gasteiger partial charge in [-0.05, 0) is 25.1 Å². The lowest BCUT2D eigenvalue weighted by atomic mass is 10.1. The average Bonchev–Trinajstić information content (AvgIpc) is 3.30. The molecule has 0 saturated heterocycles. The van der Waals surface area contributed by atoms with Crippen molar-refractivity contribution in [1.29, 1.82) is 0 Å². The molecule has 1 aliphatic rings. The first kappa shape index (κ1) is 17.7. The van der Waals surface area contributed by atoms with Gasteiger partial charge in [-0.2, -0.15) is 4.80 Å². The second kappa shape index (κ2) is 7.10. The Morgan fingerprint density at radius 1 is 1.14 bits per heavy atom. The van der Waals surface area contributed by atoms with E-state index in [9.17, 15) is 9.59 Å². The first-order valence-corrected chi connectivity index (χ1v) is 8.59. The minimum absolute atomic E-state index is 0.0781. The van der Waals surface area contributed by atoms with Gasteiger partial charge in [0, 0.05) is 17.2 Å². The van der Waals surface area contributed by atoms with Crippen molar-refractivity contribution in [2.45, 2.75) is 20.4 Å². The zero-order chi connectivity index (χ0) is 19.7. The van der Waals surface area contributed by atoms with Gasteiger partial charge in [0.1, 0.15) is 6.54 Å². The number of hydrogen-bond acceptors (Lipinski definition) is 7. The number of carbonyl (C=O) groups excluding carboxylic acids is 2. The summed E-state index contributed by atoms with van der Waals surface area (Å²) in [4.78, 5) is 25.5. The lowest BCUT2D eigenvalue weighted by molar-refractivity contribution is -0.117. The molecule has 0 unspecified atom stereocenters. The lowest BCUT2D eigenvalue weighted by Crippen LogP contribution is -2.21. The topological polar surface area (TPSA) is 108 Å². The maximum atomic E-state index is 12.4. The molecule has 3 aromatic rings. The van der Waals surface area contributed by atoms with Crippen molar-refractivity contribution in [3.8, 4) is 22.9 Å². The minimum atomic E-state index is -0.394. The molecule has 2 aromatic carbocycles. The number of benzene rings is 2. The number of ketones is 1. The Morgan fingerprint density at radius 2 is 1.86 bits per heavy atom. The minimum Gasteiger partial charge on any atom is -0.454 e. The van der Waals surface area contributed by atoms with E-state index in [1.54, 1.807) is 12.1 Å². The van der Waals surface area contributed by atoms with Gasteiger partial charge in [-0.1, -0.05) is 29.8 Å². The molecule has 0 radical (unpaired) electrons. The van der Waals surface area contributed by atoms with Crippen LogP contribution < -0.4 is 14.8 Å². The fraction of sp³-hybridized carbons (Fsp3) is 0.211. The number of ether oxygens (including phenoxy) is 2.